The Morgan fingerprint density at radius 1 is 0.773 bits per heavy atom. The van der Waals surface area contributed by atoms with Crippen molar-refractivity contribution >= 4 is 53.3 Å². The van der Waals surface area contributed by atoms with Crippen LogP contribution in [0.2, 0.25) is 0 Å². The highest BCUT2D eigenvalue weighted by Gasteiger charge is 2.13. The lowest BCUT2D eigenvalue weighted by Crippen LogP contribution is -1.78. The van der Waals surface area contributed by atoms with E-state index < -0.39 is 0 Å². The molecule has 3 aromatic carbocycles. The van der Waals surface area contributed by atoms with Gasteiger partial charge < -0.3 is 4.98 Å². The van der Waals surface area contributed by atoms with E-state index in [1.807, 2.05) is 11.3 Å². The molecule has 0 aliphatic rings. The van der Waals surface area contributed by atoms with Crippen LogP contribution in [0.3, 0.4) is 0 Å². The van der Waals surface area contributed by atoms with Crippen LogP contribution >= 0.6 is 11.3 Å². The van der Waals surface area contributed by atoms with Crippen LogP contribution in [0, 0.1) is 13.8 Å². The van der Waals surface area contributed by atoms with E-state index in [2.05, 4.69) is 67.4 Å². The van der Waals surface area contributed by atoms with E-state index in [1.165, 1.54) is 53.1 Å². The SMILES string of the molecule is Cc1cc(C)c2[nH]c3c(ccc4c5ccccc5sc43)c2c1. The second-order valence-electron chi connectivity index (χ2n) is 6.09. The Morgan fingerprint density at radius 2 is 1.59 bits per heavy atom. The number of aromatic amines is 1. The van der Waals surface area contributed by atoms with Gasteiger partial charge in [0.1, 0.15) is 0 Å². The molecular formula is C20H15NS. The fourth-order valence-corrected chi connectivity index (χ4v) is 4.81. The molecule has 1 N–H and O–H groups in total. The highest BCUT2D eigenvalue weighted by molar-refractivity contribution is 7.26. The predicted octanol–water partition coefficient (Wildman–Crippen LogP) is 6.31. The van der Waals surface area contributed by atoms with Crippen molar-refractivity contribution in [3.05, 3.63) is 59.7 Å². The third kappa shape index (κ3) is 1.48. The Balaban J connectivity index is 2.06. The highest BCUT2D eigenvalue weighted by Crippen LogP contribution is 2.40. The first-order valence-corrected chi connectivity index (χ1v) is 8.37. The second-order valence-corrected chi connectivity index (χ2v) is 7.14. The number of nitrogens with one attached hydrogen (secondary N) is 1. The summed E-state index contributed by atoms with van der Waals surface area (Å²) >= 11 is 1.89. The summed E-state index contributed by atoms with van der Waals surface area (Å²) in [5, 5.41) is 5.39. The molecule has 0 unspecified atom stereocenters. The van der Waals surface area contributed by atoms with Gasteiger partial charge in [0.2, 0.25) is 0 Å². The van der Waals surface area contributed by atoms with Crippen molar-refractivity contribution in [3.8, 4) is 0 Å². The summed E-state index contributed by atoms with van der Waals surface area (Å²) in [6, 6.07) is 17.8. The molecule has 0 saturated carbocycles. The molecule has 2 heteroatoms. The van der Waals surface area contributed by atoms with E-state index in [9.17, 15) is 0 Å². The van der Waals surface area contributed by atoms with Gasteiger partial charge in [-0.15, -0.1) is 11.3 Å². The fourth-order valence-electron chi connectivity index (χ4n) is 3.61. The molecule has 0 amide bonds. The minimum Gasteiger partial charge on any atom is -0.353 e. The van der Waals surface area contributed by atoms with E-state index in [1.54, 1.807) is 0 Å². The van der Waals surface area contributed by atoms with Crippen LogP contribution in [0.5, 0.6) is 0 Å². The predicted molar refractivity (Wildman–Crippen MR) is 98.2 cm³/mol. The Bertz CT molecular complexity index is 1190. The number of fused-ring (bicyclic) bond motifs is 7. The van der Waals surface area contributed by atoms with Gasteiger partial charge in [0.05, 0.1) is 10.2 Å². The van der Waals surface area contributed by atoms with E-state index in [0.717, 1.165) is 0 Å². The van der Waals surface area contributed by atoms with Crippen molar-refractivity contribution in [3.63, 3.8) is 0 Å². The van der Waals surface area contributed by atoms with Crippen molar-refractivity contribution in [2.45, 2.75) is 13.8 Å². The van der Waals surface area contributed by atoms with Crippen LogP contribution in [-0.2, 0) is 0 Å². The summed E-state index contributed by atoms with van der Waals surface area (Å²) in [7, 11) is 0. The Hall–Kier alpha value is -2.32. The third-order valence-corrected chi connectivity index (χ3v) is 5.77. The van der Waals surface area contributed by atoms with Crippen molar-refractivity contribution in [1.29, 1.82) is 0 Å². The number of benzene rings is 3. The summed E-state index contributed by atoms with van der Waals surface area (Å²) in [5.41, 5.74) is 5.19. The first kappa shape index (κ1) is 12.2. The second kappa shape index (κ2) is 4.11. The standard InChI is InChI=1S/C20H15NS/c1-11-9-12(2)18-16(10-11)14-7-8-15-13-5-3-4-6-17(13)22-20(15)19(14)21-18/h3-10,21H,1-2H3. The zero-order valence-electron chi connectivity index (χ0n) is 12.5. The normalized spacial score (nSPS) is 12.1. The molecule has 1 nitrogen and oxygen atoms in total. The van der Waals surface area contributed by atoms with Crippen LogP contribution < -0.4 is 0 Å². The maximum Gasteiger partial charge on any atom is 0.0646 e. The molecule has 0 aliphatic heterocycles. The number of hydrogen-bond donors (Lipinski definition) is 1. The van der Waals surface area contributed by atoms with E-state index in [0.29, 0.717) is 0 Å². The van der Waals surface area contributed by atoms with Crippen molar-refractivity contribution in [2.75, 3.05) is 0 Å². The number of aromatic nitrogens is 1. The highest BCUT2D eigenvalue weighted by atomic mass is 32.1. The fraction of sp³-hybridized carbons (Fsp3) is 0.100. The van der Waals surface area contributed by atoms with Crippen molar-refractivity contribution < 1.29 is 0 Å². The van der Waals surface area contributed by atoms with Gasteiger partial charge in [-0.1, -0.05) is 42.0 Å². The molecule has 0 aliphatic carbocycles. The monoisotopic (exact) mass is 301 g/mol. The Kier molecular flexibility index (Phi) is 2.29. The average molecular weight is 301 g/mol. The van der Waals surface area contributed by atoms with Crippen LogP contribution in [-0.4, -0.2) is 4.98 Å². The lowest BCUT2D eigenvalue weighted by molar-refractivity contribution is 1.40. The van der Waals surface area contributed by atoms with E-state index in [4.69, 9.17) is 0 Å². The summed E-state index contributed by atoms with van der Waals surface area (Å²) in [6.07, 6.45) is 0. The molecule has 2 heterocycles. The molecule has 0 saturated heterocycles. The van der Waals surface area contributed by atoms with Crippen LogP contribution in [0.25, 0.3) is 42.0 Å². The zero-order chi connectivity index (χ0) is 14.8. The molecular weight excluding hydrogens is 286 g/mol. The Labute approximate surface area is 132 Å². The zero-order valence-corrected chi connectivity index (χ0v) is 13.3. The minimum absolute atomic E-state index is 1.27. The molecule has 0 fully saturated rings. The van der Waals surface area contributed by atoms with Gasteiger partial charge in [0.15, 0.2) is 0 Å². The van der Waals surface area contributed by atoms with Gasteiger partial charge in [0, 0.05) is 31.8 Å². The number of H-pyrrole nitrogens is 1. The Morgan fingerprint density at radius 3 is 2.50 bits per heavy atom. The van der Waals surface area contributed by atoms with Gasteiger partial charge >= 0.3 is 0 Å². The van der Waals surface area contributed by atoms with Crippen molar-refractivity contribution in [1.82, 2.24) is 4.98 Å². The smallest absolute Gasteiger partial charge is 0.0646 e. The van der Waals surface area contributed by atoms with Gasteiger partial charge in [-0.25, -0.2) is 0 Å². The molecule has 2 aromatic heterocycles. The summed E-state index contributed by atoms with van der Waals surface area (Å²) in [5.74, 6) is 0. The number of aryl methyl sites for hydroxylation is 2. The maximum absolute atomic E-state index is 3.69. The van der Waals surface area contributed by atoms with E-state index in [-0.39, 0.29) is 0 Å². The van der Waals surface area contributed by atoms with Crippen molar-refractivity contribution in [2.24, 2.45) is 0 Å². The summed E-state index contributed by atoms with van der Waals surface area (Å²) in [4.78, 5) is 3.69. The third-order valence-electron chi connectivity index (χ3n) is 4.57. The molecule has 0 atom stereocenters. The lowest BCUT2D eigenvalue weighted by atomic mass is 10.1. The summed E-state index contributed by atoms with van der Waals surface area (Å²) in [6.45, 7) is 4.36. The molecule has 22 heavy (non-hydrogen) atoms. The van der Waals surface area contributed by atoms with Gasteiger partial charge in [-0.3, -0.25) is 0 Å². The molecule has 106 valence electrons. The maximum atomic E-state index is 3.69. The minimum atomic E-state index is 1.27. The van der Waals surface area contributed by atoms with Gasteiger partial charge in [-0.05, 0) is 31.5 Å². The number of thiophene rings is 1. The van der Waals surface area contributed by atoms with Crippen LogP contribution in [0.15, 0.2) is 48.5 Å². The van der Waals surface area contributed by atoms with Crippen LogP contribution in [0.1, 0.15) is 11.1 Å². The number of rotatable bonds is 0. The first-order chi connectivity index (χ1) is 10.7. The lowest BCUT2D eigenvalue weighted by Gasteiger charge is -1.98. The first-order valence-electron chi connectivity index (χ1n) is 7.55. The molecule has 5 rings (SSSR count). The largest absolute Gasteiger partial charge is 0.353 e. The molecule has 0 spiro atoms. The van der Waals surface area contributed by atoms with Gasteiger partial charge in [-0.2, -0.15) is 0 Å². The number of hydrogen-bond acceptors (Lipinski definition) is 1. The summed E-state index contributed by atoms with van der Waals surface area (Å²) < 4.78 is 2.73. The van der Waals surface area contributed by atoms with E-state index >= 15 is 0 Å². The average Bonchev–Trinajstić information content (AvgIpc) is 3.05. The van der Waals surface area contributed by atoms with Crippen LogP contribution in [0.4, 0.5) is 0 Å². The molecule has 5 aromatic rings. The quantitative estimate of drug-likeness (QED) is 0.345. The molecule has 0 bridgehead atoms. The van der Waals surface area contributed by atoms with Gasteiger partial charge in [0.25, 0.3) is 0 Å². The molecule has 0 radical (unpaired) electrons. The topological polar surface area (TPSA) is 15.8 Å².